The van der Waals surface area contributed by atoms with Gasteiger partial charge in [-0.2, -0.15) is 0 Å². The molecular formula is C62H119NO26P2-2. The summed E-state index contributed by atoms with van der Waals surface area (Å²) < 4.78 is 56.5. The second kappa shape index (κ2) is 46.3. The first-order valence-corrected chi connectivity index (χ1v) is 37.3. The van der Waals surface area contributed by atoms with Gasteiger partial charge in [0, 0.05) is 0 Å². The summed E-state index contributed by atoms with van der Waals surface area (Å²) in [6.07, 6.45) is -5.18. The Morgan fingerprint density at radius 1 is 0.418 bits per heavy atom. The Labute approximate surface area is 539 Å². The standard InChI is InChI=1S/C62H121NO26P2/c1-3-5-7-9-11-13-15-17-18-19-20-21-22-23-24-25-26-28-30-32-34-36-38-43(65)61(79)63-41(45(66)42(64)37-35-33-31-29-27-16-14-12-10-8-6-4-2)39-84-90(80,81)89-60-55(76)51(72)52(73)58(57(60)78)87-62-56(77)47(68)46(67)44(86-62)40-85-91(82,83)88-59-53(74)49(70)48(69)50(71)54(59)75/h41-60,62,64-78H,3-40H2,1-2H3,(H,63,79)(H,80,81)(H,82,83)/p-2/t41-,42+,43?,44+,45-,46+,47-,48?,49-,50+,51-,52-,53+,54+,55+,56-,57+,58+,59?,60-,62-/m0/s1. The number of carbonyl (C=O) groups excluding carboxylic acids is 1. The molecule has 0 aromatic rings. The molecule has 0 spiro atoms. The first-order chi connectivity index (χ1) is 43.3. The molecule has 3 aliphatic rings. The largest absolute Gasteiger partial charge is 0.756 e. The van der Waals surface area contributed by atoms with Crippen molar-refractivity contribution >= 4 is 21.6 Å². The Bertz CT molecular complexity index is 1960. The van der Waals surface area contributed by atoms with Crippen LogP contribution in [0.2, 0.25) is 0 Å². The van der Waals surface area contributed by atoms with Crippen molar-refractivity contribution in [2.75, 3.05) is 13.2 Å². The molecule has 1 aliphatic heterocycles. The van der Waals surface area contributed by atoms with Gasteiger partial charge >= 0.3 is 0 Å². The van der Waals surface area contributed by atoms with E-state index in [-0.39, 0.29) is 12.8 Å². The van der Waals surface area contributed by atoms with E-state index >= 15 is 0 Å². The van der Waals surface area contributed by atoms with Crippen molar-refractivity contribution in [2.24, 2.45) is 0 Å². The lowest BCUT2D eigenvalue weighted by Crippen LogP contribution is -2.67. The summed E-state index contributed by atoms with van der Waals surface area (Å²) >= 11 is 0. The summed E-state index contributed by atoms with van der Waals surface area (Å²) in [5.74, 6) is -0.998. The van der Waals surface area contributed by atoms with Crippen LogP contribution in [0.15, 0.2) is 0 Å². The Morgan fingerprint density at radius 3 is 1.14 bits per heavy atom. The number of unbranched alkanes of at least 4 members (excludes halogenated alkanes) is 32. The molecule has 0 radical (unpaired) electrons. The SMILES string of the molecule is CCCCCCCCCCCCCCCCCCCCCCCCC(O)C(=O)N[C@@H](COP(=O)([O-])O[C@@H]1[C@H](O)[C@H](O[C@@H]2O[C@H](COP(=O)([O-])OC3[C@H](O)[C@H](O)C(O)[C@H](O)[C@H]3O)[C@@H](O)[C@H](O)[C@@H]2O)[C@@H](O)[C@H](O)[C@H]1O)[C@H](O)[C@H](O)CCCCCCCCCCCCCC. The predicted molar refractivity (Wildman–Crippen MR) is 330 cm³/mol. The van der Waals surface area contributed by atoms with Crippen LogP contribution in [-0.4, -0.2) is 224 Å². The molecule has 1 saturated heterocycles. The van der Waals surface area contributed by atoms with Gasteiger partial charge in [0.2, 0.25) is 5.91 Å². The van der Waals surface area contributed by atoms with Crippen LogP contribution < -0.4 is 15.1 Å². The zero-order chi connectivity index (χ0) is 67.5. The first kappa shape index (κ1) is 84.2. The van der Waals surface area contributed by atoms with Crippen molar-refractivity contribution < 1.29 is 128 Å². The van der Waals surface area contributed by atoms with Crippen LogP contribution in [0.4, 0.5) is 0 Å². The van der Waals surface area contributed by atoms with E-state index in [2.05, 4.69) is 28.2 Å². The third-order valence-electron chi connectivity index (χ3n) is 18.0. The minimum Gasteiger partial charge on any atom is -0.756 e. The first-order valence-electron chi connectivity index (χ1n) is 34.4. The summed E-state index contributed by atoms with van der Waals surface area (Å²) in [5, 5.41) is 162. The predicted octanol–water partition coefficient (Wildman–Crippen LogP) is 2.85. The maximum Gasteiger partial charge on any atom is 0.268 e. The molecule has 23 atom stereocenters. The topological polar surface area (TPSA) is 468 Å². The van der Waals surface area contributed by atoms with Gasteiger partial charge in [0.15, 0.2) is 6.29 Å². The molecule has 0 aromatic carbocycles. The van der Waals surface area contributed by atoms with Gasteiger partial charge in [0.1, 0.15) is 110 Å². The molecule has 3 rings (SSSR count). The van der Waals surface area contributed by atoms with Crippen molar-refractivity contribution in [1.82, 2.24) is 5.32 Å². The highest BCUT2D eigenvalue weighted by atomic mass is 31.2. The molecule has 5 unspecified atom stereocenters. The number of phosphoric acid groups is 2. The van der Waals surface area contributed by atoms with E-state index in [1.54, 1.807) is 0 Å². The molecule has 2 aliphatic carbocycles. The fourth-order valence-electron chi connectivity index (χ4n) is 12.0. The third-order valence-corrected chi connectivity index (χ3v) is 19.9. The molecule has 0 aromatic heterocycles. The van der Waals surface area contributed by atoms with E-state index in [0.717, 1.165) is 64.2 Å². The van der Waals surface area contributed by atoms with Gasteiger partial charge < -0.3 is 119 Å². The minimum absolute atomic E-state index is 0.0337. The normalized spacial score (nSPS) is 31.6. The van der Waals surface area contributed by atoms with Crippen molar-refractivity contribution in [2.45, 2.75) is 373 Å². The van der Waals surface area contributed by atoms with Crippen LogP contribution in [0.25, 0.3) is 0 Å². The van der Waals surface area contributed by atoms with Gasteiger partial charge in [0.05, 0.1) is 25.4 Å². The average molecular weight is 1360 g/mol. The Balaban J connectivity index is 1.55. The van der Waals surface area contributed by atoms with Gasteiger partial charge in [-0.05, 0) is 12.8 Å². The number of carbonyl (C=O) groups is 1. The average Bonchev–Trinajstić information content (AvgIpc) is 0.965. The van der Waals surface area contributed by atoms with E-state index in [0.29, 0.717) is 19.3 Å². The third kappa shape index (κ3) is 31.2. The lowest BCUT2D eigenvalue weighted by Gasteiger charge is -2.47. The van der Waals surface area contributed by atoms with Crippen LogP contribution >= 0.6 is 15.6 Å². The van der Waals surface area contributed by atoms with E-state index < -0.39 is 163 Å². The van der Waals surface area contributed by atoms with Crippen LogP contribution in [0.5, 0.6) is 0 Å². The number of hydrogen-bond donors (Lipinski definition) is 16. The van der Waals surface area contributed by atoms with Crippen LogP contribution in [-0.2, 0) is 41.5 Å². The van der Waals surface area contributed by atoms with Crippen molar-refractivity contribution in [1.29, 1.82) is 0 Å². The van der Waals surface area contributed by atoms with Crippen LogP contribution in [0.3, 0.4) is 0 Å². The zero-order valence-electron chi connectivity index (χ0n) is 54.1. The Kier molecular flexibility index (Phi) is 42.9. The highest BCUT2D eigenvalue weighted by molar-refractivity contribution is 7.46. The molecule has 91 heavy (non-hydrogen) atoms. The molecule has 0 bridgehead atoms. The summed E-state index contributed by atoms with van der Waals surface area (Å²) in [7, 11) is -11.6. The van der Waals surface area contributed by atoms with Crippen molar-refractivity contribution in [3.05, 3.63) is 0 Å². The van der Waals surface area contributed by atoms with Gasteiger partial charge in [-0.25, -0.2) is 0 Å². The molecule has 29 heteroatoms. The number of nitrogens with one attached hydrogen (secondary N) is 1. The monoisotopic (exact) mass is 1360 g/mol. The fourth-order valence-corrected chi connectivity index (χ4v) is 13.9. The zero-order valence-corrected chi connectivity index (χ0v) is 55.9. The van der Waals surface area contributed by atoms with Crippen molar-refractivity contribution in [3.63, 3.8) is 0 Å². The fraction of sp³-hybridized carbons (Fsp3) is 0.984. The molecule has 1 amide bonds. The van der Waals surface area contributed by atoms with E-state index in [9.17, 15) is 100 Å². The maximum atomic E-state index is 13.5. The number of aliphatic hydroxyl groups excluding tert-OH is 15. The molecule has 3 fully saturated rings. The Morgan fingerprint density at radius 2 is 0.736 bits per heavy atom. The highest BCUT2D eigenvalue weighted by Crippen LogP contribution is 2.46. The summed E-state index contributed by atoms with van der Waals surface area (Å²) in [4.78, 5) is 39.7. The van der Waals surface area contributed by atoms with Crippen molar-refractivity contribution in [3.8, 4) is 0 Å². The highest BCUT2D eigenvalue weighted by Gasteiger charge is 2.55. The van der Waals surface area contributed by atoms with E-state index in [1.807, 2.05) is 0 Å². The molecule has 27 nitrogen and oxygen atoms in total. The number of rotatable bonds is 52. The maximum absolute atomic E-state index is 13.5. The molecular weight excluding hydrogens is 1240 g/mol. The van der Waals surface area contributed by atoms with E-state index in [4.69, 9.17) is 18.5 Å². The second-order valence-electron chi connectivity index (χ2n) is 25.7. The second-order valence-corrected chi connectivity index (χ2v) is 28.5. The number of amides is 1. The Hall–Kier alpha value is -0.990. The number of ether oxygens (including phenoxy) is 2. The lowest BCUT2D eigenvalue weighted by atomic mass is 9.84. The summed E-state index contributed by atoms with van der Waals surface area (Å²) in [5.41, 5.74) is 0. The molecule has 2 saturated carbocycles. The molecule has 540 valence electrons. The smallest absolute Gasteiger partial charge is 0.268 e. The van der Waals surface area contributed by atoms with E-state index in [1.165, 1.54) is 135 Å². The van der Waals surface area contributed by atoms with Gasteiger partial charge in [-0.3, -0.25) is 13.9 Å². The minimum atomic E-state index is -5.88. The summed E-state index contributed by atoms with van der Waals surface area (Å²) in [6, 6.07) is -1.71. The van der Waals surface area contributed by atoms with Gasteiger partial charge in [-0.1, -0.05) is 232 Å². The lowest BCUT2D eigenvalue weighted by molar-refractivity contribution is -0.341. The number of phosphoric ester groups is 2. The quantitative estimate of drug-likeness (QED) is 0.0307. The number of aliphatic hydroxyl groups is 15. The van der Waals surface area contributed by atoms with Gasteiger partial charge in [-0.15, -0.1) is 0 Å². The van der Waals surface area contributed by atoms with Gasteiger partial charge in [0.25, 0.3) is 15.6 Å². The number of hydrogen-bond acceptors (Lipinski definition) is 26. The molecule has 16 N–H and O–H groups in total. The van der Waals surface area contributed by atoms with Crippen LogP contribution in [0, 0.1) is 0 Å². The van der Waals surface area contributed by atoms with Crippen LogP contribution in [0.1, 0.15) is 245 Å². The summed E-state index contributed by atoms with van der Waals surface area (Å²) in [6.45, 7) is 1.97. The molecule has 1 heterocycles.